The summed E-state index contributed by atoms with van der Waals surface area (Å²) in [7, 11) is 3.53. The van der Waals surface area contributed by atoms with Gasteiger partial charge in [-0.15, -0.1) is 24.0 Å². The molecule has 4 rings (SSSR count). The van der Waals surface area contributed by atoms with Crippen LogP contribution in [0.2, 0.25) is 0 Å². The molecule has 1 saturated heterocycles. The van der Waals surface area contributed by atoms with Crippen molar-refractivity contribution in [3.8, 4) is 17.2 Å². The van der Waals surface area contributed by atoms with Crippen LogP contribution in [0.5, 0.6) is 17.2 Å². The summed E-state index contributed by atoms with van der Waals surface area (Å²) in [6, 6.07) is 14.6. The van der Waals surface area contributed by atoms with Gasteiger partial charge in [-0.1, -0.05) is 18.2 Å². The third-order valence-electron chi connectivity index (χ3n) is 5.32. The molecule has 0 spiro atoms. The first-order chi connectivity index (χ1) is 14.3. The molecule has 2 aliphatic heterocycles. The third-order valence-corrected chi connectivity index (χ3v) is 5.32. The summed E-state index contributed by atoms with van der Waals surface area (Å²) >= 11 is 0. The van der Waals surface area contributed by atoms with Gasteiger partial charge in [-0.2, -0.15) is 0 Å². The summed E-state index contributed by atoms with van der Waals surface area (Å²) in [6.07, 6.45) is 1.94. The molecular weight excluding hydrogens is 495 g/mol. The first-order valence-electron chi connectivity index (χ1n) is 10.0. The predicted molar refractivity (Wildman–Crippen MR) is 130 cm³/mol. The van der Waals surface area contributed by atoms with Crippen LogP contribution in [0.3, 0.4) is 0 Å². The van der Waals surface area contributed by atoms with E-state index in [1.54, 1.807) is 7.11 Å². The molecule has 1 atom stereocenters. The fourth-order valence-electron chi connectivity index (χ4n) is 3.80. The van der Waals surface area contributed by atoms with Gasteiger partial charge in [-0.25, -0.2) is 0 Å². The number of hydrogen-bond donors (Lipinski definition) is 2. The van der Waals surface area contributed by atoms with E-state index >= 15 is 0 Å². The van der Waals surface area contributed by atoms with Gasteiger partial charge in [-0.05, 0) is 42.7 Å². The van der Waals surface area contributed by atoms with Crippen molar-refractivity contribution in [2.24, 2.45) is 4.99 Å². The number of rotatable bonds is 6. The Labute approximate surface area is 194 Å². The lowest BCUT2D eigenvalue weighted by Gasteiger charge is -2.22. The minimum Gasteiger partial charge on any atom is -0.495 e. The van der Waals surface area contributed by atoms with Crippen LogP contribution >= 0.6 is 24.0 Å². The zero-order valence-electron chi connectivity index (χ0n) is 17.4. The van der Waals surface area contributed by atoms with Gasteiger partial charge < -0.3 is 29.7 Å². The predicted octanol–water partition coefficient (Wildman–Crippen LogP) is 3.03. The second kappa shape index (κ2) is 10.6. The van der Waals surface area contributed by atoms with Crippen LogP contribution in [-0.4, -0.2) is 52.6 Å². The van der Waals surface area contributed by atoms with E-state index in [1.165, 1.54) is 5.56 Å². The number of halogens is 1. The average molecular weight is 524 g/mol. The summed E-state index contributed by atoms with van der Waals surface area (Å²) in [6.45, 7) is 3.01. The number of nitrogens with one attached hydrogen (secondary N) is 2. The molecule has 0 aliphatic carbocycles. The maximum atomic E-state index is 5.50. The number of methoxy groups -OCH3 is 1. The van der Waals surface area contributed by atoms with Gasteiger partial charge >= 0.3 is 0 Å². The summed E-state index contributed by atoms with van der Waals surface area (Å²) in [5.41, 5.74) is 2.35. The SMILES string of the molecule is CN=C(NCCc1ccc2c(c1)OCO2)NC1CCN(c2ccccc2OC)C1.I. The normalized spacial score (nSPS) is 17.5. The number of anilines is 1. The van der Waals surface area contributed by atoms with Crippen LogP contribution < -0.4 is 29.7 Å². The molecule has 162 valence electrons. The molecule has 7 nitrogen and oxygen atoms in total. The van der Waals surface area contributed by atoms with E-state index in [2.05, 4.69) is 38.7 Å². The molecule has 8 heteroatoms. The number of hydrogen-bond acceptors (Lipinski definition) is 5. The topological polar surface area (TPSA) is 67.4 Å². The van der Waals surface area contributed by atoms with Crippen molar-refractivity contribution < 1.29 is 14.2 Å². The smallest absolute Gasteiger partial charge is 0.231 e. The average Bonchev–Trinajstić information content (AvgIpc) is 3.42. The van der Waals surface area contributed by atoms with Crippen LogP contribution in [0.1, 0.15) is 12.0 Å². The van der Waals surface area contributed by atoms with Crippen LogP contribution in [0.4, 0.5) is 5.69 Å². The Morgan fingerprint density at radius 2 is 2.03 bits per heavy atom. The van der Waals surface area contributed by atoms with Crippen LogP contribution in [0.15, 0.2) is 47.5 Å². The molecule has 2 aliphatic rings. The standard InChI is InChI=1S/C22H28N4O3.HI/c1-23-22(24-11-9-16-7-8-20-21(13-16)29-15-28-20)25-17-10-12-26(14-17)18-5-3-4-6-19(18)27-2;/h3-8,13,17H,9-12,14-15H2,1-2H3,(H2,23,24,25);1H. The Kier molecular flexibility index (Phi) is 7.89. The van der Waals surface area contributed by atoms with Crippen LogP contribution in [0.25, 0.3) is 0 Å². The van der Waals surface area contributed by atoms with Crippen molar-refractivity contribution >= 4 is 35.6 Å². The minimum atomic E-state index is 0. The fourth-order valence-corrected chi connectivity index (χ4v) is 3.80. The molecule has 0 amide bonds. The molecule has 0 radical (unpaired) electrons. The van der Waals surface area contributed by atoms with Gasteiger partial charge in [0.15, 0.2) is 17.5 Å². The van der Waals surface area contributed by atoms with Crippen LogP contribution in [-0.2, 0) is 6.42 Å². The molecule has 0 saturated carbocycles. The van der Waals surface area contributed by atoms with Gasteiger partial charge in [0, 0.05) is 32.7 Å². The van der Waals surface area contributed by atoms with Gasteiger partial charge in [0.1, 0.15) is 5.75 Å². The van der Waals surface area contributed by atoms with E-state index in [4.69, 9.17) is 14.2 Å². The number of para-hydroxylation sites is 2. The van der Waals surface area contributed by atoms with Crippen molar-refractivity contribution in [3.63, 3.8) is 0 Å². The number of guanidine groups is 1. The van der Waals surface area contributed by atoms with E-state index in [0.717, 1.165) is 61.4 Å². The lowest BCUT2D eigenvalue weighted by atomic mass is 10.1. The maximum absolute atomic E-state index is 5.50. The Balaban J connectivity index is 0.00000256. The summed E-state index contributed by atoms with van der Waals surface area (Å²) in [4.78, 5) is 6.74. The summed E-state index contributed by atoms with van der Waals surface area (Å²) in [5.74, 6) is 3.39. The van der Waals surface area contributed by atoms with E-state index in [9.17, 15) is 0 Å². The highest BCUT2D eigenvalue weighted by atomic mass is 127. The van der Waals surface area contributed by atoms with Crippen molar-refractivity contribution in [1.82, 2.24) is 10.6 Å². The van der Waals surface area contributed by atoms with E-state index in [-0.39, 0.29) is 24.0 Å². The van der Waals surface area contributed by atoms with Crippen molar-refractivity contribution in [2.75, 3.05) is 45.5 Å². The Morgan fingerprint density at radius 1 is 1.20 bits per heavy atom. The van der Waals surface area contributed by atoms with Gasteiger partial charge in [0.2, 0.25) is 6.79 Å². The van der Waals surface area contributed by atoms with E-state index < -0.39 is 0 Å². The number of fused-ring (bicyclic) bond motifs is 1. The molecule has 2 heterocycles. The molecule has 0 bridgehead atoms. The zero-order chi connectivity index (χ0) is 20.1. The molecule has 2 N–H and O–H groups in total. The lowest BCUT2D eigenvalue weighted by molar-refractivity contribution is 0.174. The summed E-state index contributed by atoms with van der Waals surface area (Å²) in [5, 5.41) is 6.96. The monoisotopic (exact) mass is 524 g/mol. The van der Waals surface area contributed by atoms with Gasteiger partial charge in [0.25, 0.3) is 0 Å². The molecule has 1 fully saturated rings. The first-order valence-corrected chi connectivity index (χ1v) is 10.0. The van der Waals surface area contributed by atoms with Crippen molar-refractivity contribution in [2.45, 2.75) is 18.9 Å². The third kappa shape index (κ3) is 5.21. The Morgan fingerprint density at radius 3 is 2.87 bits per heavy atom. The molecular formula is C22H29IN4O3. The quantitative estimate of drug-likeness (QED) is 0.344. The molecule has 0 aromatic heterocycles. The molecule has 1 unspecified atom stereocenters. The number of benzene rings is 2. The zero-order valence-corrected chi connectivity index (χ0v) is 19.7. The van der Waals surface area contributed by atoms with Gasteiger partial charge in [-0.3, -0.25) is 4.99 Å². The van der Waals surface area contributed by atoms with E-state index in [0.29, 0.717) is 12.8 Å². The second-order valence-electron chi connectivity index (χ2n) is 7.18. The lowest BCUT2D eigenvalue weighted by Crippen LogP contribution is -2.45. The fraction of sp³-hybridized carbons (Fsp3) is 0.409. The number of nitrogens with zero attached hydrogens (tertiary/aromatic N) is 2. The molecule has 30 heavy (non-hydrogen) atoms. The molecule has 2 aromatic carbocycles. The Bertz CT molecular complexity index is 877. The Hall–Kier alpha value is -2.36. The van der Waals surface area contributed by atoms with Crippen molar-refractivity contribution in [1.29, 1.82) is 0 Å². The summed E-state index contributed by atoms with van der Waals surface area (Å²) < 4.78 is 16.3. The molecule has 2 aromatic rings. The second-order valence-corrected chi connectivity index (χ2v) is 7.18. The highest BCUT2D eigenvalue weighted by Gasteiger charge is 2.25. The van der Waals surface area contributed by atoms with Crippen LogP contribution in [0, 0.1) is 0 Å². The maximum Gasteiger partial charge on any atom is 0.231 e. The number of ether oxygens (including phenoxy) is 3. The number of aliphatic imine (C=N–C) groups is 1. The first kappa shape index (κ1) is 22.3. The van der Waals surface area contributed by atoms with E-state index in [1.807, 2.05) is 31.3 Å². The van der Waals surface area contributed by atoms with Gasteiger partial charge in [0.05, 0.1) is 12.8 Å². The highest BCUT2D eigenvalue weighted by molar-refractivity contribution is 14.0. The largest absolute Gasteiger partial charge is 0.495 e. The highest BCUT2D eigenvalue weighted by Crippen LogP contribution is 2.32. The minimum absolute atomic E-state index is 0. The van der Waals surface area contributed by atoms with Crippen molar-refractivity contribution in [3.05, 3.63) is 48.0 Å².